The Labute approximate surface area is 109 Å². The predicted molar refractivity (Wildman–Crippen MR) is 75.3 cm³/mol. The molecule has 0 atom stereocenters. The second kappa shape index (κ2) is 6.54. The Morgan fingerprint density at radius 3 is 2.83 bits per heavy atom. The average Bonchev–Trinajstić information content (AvgIpc) is 2.93. The van der Waals surface area contributed by atoms with Gasteiger partial charge in [0.2, 0.25) is 0 Å². The van der Waals surface area contributed by atoms with Crippen LogP contribution in [-0.2, 0) is 0 Å². The van der Waals surface area contributed by atoms with E-state index in [0.717, 1.165) is 44.2 Å². The van der Waals surface area contributed by atoms with Gasteiger partial charge in [0.05, 0.1) is 0 Å². The maximum atomic E-state index is 4.38. The number of anilines is 2. The van der Waals surface area contributed by atoms with Gasteiger partial charge in [-0.05, 0) is 32.9 Å². The van der Waals surface area contributed by atoms with Gasteiger partial charge in [0.15, 0.2) is 0 Å². The lowest BCUT2D eigenvalue weighted by molar-refractivity contribution is 0.708. The zero-order valence-corrected chi connectivity index (χ0v) is 11.4. The summed E-state index contributed by atoms with van der Waals surface area (Å²) < 4.78 is 0. The molecule has 1 aliphatic rings. The molecule has 2 rings (SSSR count). The molecule has 0 bridgehead atoms. The molecule has 1 N–H and O–H groups in total. The number of nitrogens with one attached hydrogen (secondary N) is 1. The Bertz CT molecular complexity index is 362. The molecule has 100 valence electrons. The fraction of sp³-hybridized carbons (Fsp3) is 0.692. The SMILES string of the molecule is CNCCCN(C)c1cc(N2CCCC2)ncn1. The maximum Gasteiger partial charge on any atom is 0.134 e. The first kappa shape index (κ1) is 13.1. The number of hydrogen-bond acceptors (Lipinski definition) is 5. The van der Waals surface area contributed by atoms with E-state index >= 15 is 0 Å². The van der Waals surface area contributed by atoms with E-state index in [0.29, 0.717) is 0 Å². The molecule has 5 nitrogen and oxygen atoms in total. The second-order valence-electron chi connectivity index (χ2n) is 4.81. The maximum absolute atomic E-state index is 4.38. The van der Waals surface area contributed by atoms with E-state index in [9.17, 15) is 0 Å². The molecule has 18 heavy (non-hydrogen) atoms. The van der Waals surface area contributed by atoms with Crippen molar-refractivity contribution in [2.45, 2.75) is 19.3 Å². The van der Waals surface area contributed by atoms with Crippen LogP contribution in [0, 0.1) is 0 Å². The largest absolute Gasteiger partial charge is 0.359 e. The van der Waals surface area contributed by atoms with Crippen LogP contribution < -0.4 is 15.1 Å². The van der Waals surface area contributed by atoms with E-state index in [1.807, 2.05) is 7.05 Å². The highest BCUT2D eigenvalue weighted by Crippen LogP contribution is 2.20. The molecule has 0 amide bonds. The van der Waals surface area contributed by atoms with Crippen LogP contribution in [0.25, 0.3) is 0 Å². The van der Waals surface area contributed by atoms with Crippen LogP contribution in [0.4, 0.5) is 11.6 Å². The number of nitrogens with zero attached hydrogens (tertiary/aromatic N) is 4. The standard InChI is InChI=1S/C13H23N5/c1-14-6-5-7-17(2)12-10-13(16-11-15-12)18-8-3-4-9-18/h10-11,14H,3-9H2,1-2H3. The molecule has 2 heterocycles. The van der Waals surface area contributed by atoms with Gasteiger partial charge in [-0.2, -0.15) is 0 Å². The minimum atomic E-state index is 1.01. The fourth-order valence-electron chi connectivity index (χ4n) is 2.27. The molecule has 1 aromatic rings. The summed E-state index contributed by atoms with van der Waals surface area (Å²) in [5.74, 6) is 2.08. The van der Waals surface area contributed by atoms with Gasteiger partial charge in [0.1, 0.15) is 18.0 Å². The molecule has 0 saturated carbocycles. The highest BCUT2D eigenvalue weighted by atomic mass is 15.2. The summed E-state index contributed by atoms with van der Waals surface area (Å²) in [6, 6.07) is 2.10. The van der Waals surface area contributed by atoms with Gasteiger partial charge in [-0.3, -0.25) is 0 Å². The lowest BCUT2D eigenvalue weighted by atomic mass is 10.3. The van der Waals surface area contributed by atoms with Crippen LogP contribution >= 0.6 is 0 Å². The number of aromatic nitrogens is 2. The second-order valence-corrected chi connectivity index (χ2v) is 4.81. The molecule has 0 radical (unpaired) electrons. The molecule has 0 spiro atoms. The minimum absolute atomic E-state index is 1.01. The monoisotopic (exact) mass is 249 g/mol. The Balaban J connectivity index is 1.97. The van der Waals surface area contributed by atoms with E-state index in [1.165, 1.54) is 12.8 Å². The Hall–Kier alpha value is -1.36. The number of hydrogen-bond donors (Lipinski definition) is 1. The normalized spacial score (nSPS) is 15.1. The first-order chi connectivity index (χ1) is 8.81. The predicted octanol–water partition coefficient (Wildman–Crippen LogP) is 1.12. The van der Waals surface area contributed by atoms with Crippen LogP contribution in [0.5, 0.6) is 0 Å². The molecule has 1 aliphatic heterocycles. The van der Waals surface area contributed by atoms with Crippen molar-refractivity contribution in [3.05, 3.63) is 12.4 Å². The van der Waals surface area contributed by atoms with E-state index in [1.54, 1.807) is 6.33 Å². The van der Waals surface area contributed by atoms with Crippen LogP contribution in [0.3, 0.4) is 0 Å². The Morgan fingerprint density at radius 2 is 2.11 bits per heavy atom. The van der Waals surface area contributed by atoms with Crippen LogP contribution in [-0.4, -0.2) is 50.2 Å². The highest BCUT2D eigenvalue weighted by molar-refractivity contribution is 5.50. The quantitative estimate of drug-likeness (QED) is 0.766. The summed E-state index contributed by atoms with van der Waals surface area (Å²) in [5.41, 5.74) is 0. The van der Waals surface area contributed by atoms with Crippen molar-refractivity contribution in [3.8, 4) is 0 Å². The minimum Gasteiger partial charge on any atom is -0.359 e. The van der Waals surface area contributed by atoms with E-state index in [2.05, 4.69) is 38.2 Å². The van der Waals surface area contributed by atoms with Crippen molar-refractivity contribution in [3.63, 3.8) is 0 Å². The lowest BCUT2D eigenvalue weighted by Gasteiger charge is -2.21. The van der Waals surface area contributed by atoms with Gasteiger partial charge < -0.3 is 15.1 Å². The molecule has 0 aromatic carbocycles. The first-order valence-corrected chi connectivity index (χ1v) is 6.74. The van der Waals surface area contributed by atoms with Crippen molar-refractivity contribution >= 4 is 11.6 Å². The van der Waals surface area contributed by atoms with Crippen molar-refractivity contribution in [2.75, 3.05) is 50.1 Å². The molecular weight excluding hydrogens is 226 g/mol. The summed E-state index contributed by atoms with van der Waals surface area (Å²) in [4.78, 5) is 13.3. The summed E-state index contributed by atoms with van der Waals surface area (Å²) in [7, 11) is 4.07. The van der Waals surface area contributed by atoms with Gasteiger partial charge in [-0.25, -0.2) is 9.97 Å². The van der Waals surface area contributed by atoms with Gasteiger partial charge in [-0.1, -0.05) is 0 Å². The molecule has 0 unspecified atom stereocenters. The van der Waals surface area contributed by atoms with Crippen molar-refractivity contribution in [1.82, 2.24) is 15.3 Å². The summed E-state index contributed by atoms with van der Waals surface area (Å²) in [6.07, 6.45) is 5.35. The molecule has 1 saturated heterocycles. The van der Waals surface area contributed by atoms with Crippen molar-refractivity contribution in [2.24, 2.45) is 0 Å². The third-order valence-electron chi connectivity index (χ3n) is 3.38. The third kappa shape index (κ3) is 3.32. The van der Waals surface area contributed by atoms with Crippen molar-refractivity contribution < 1.29 is 0 Å². The summed E-state index contributed by atoms with van der Waals surface area (Å²) >= 11 is 0. The smallest absolute Gasteiger partial charge is 0.134 e. The van der Waals surface area contributed by atoms with Gasteiger partial charge in [0.25, 0.3) is 0 Å². The first-order valence-electron chi connectivity index (χ1n) is 6.74. The van der Waals surface area contributed by atoms with Gasteiger partial charge >= 0.3 is 0 Å². The molecule has 1 fully saturated rings. The van der Waals surface area contributed by atoms with Crippen LogP contribution in [0.15, 0.2) is 12.4 Å². The fourth-order valence-corrected chi connectivity index (χ4v) is 2.27. The summed E-state index contributed by atoms with van der Waals surface area (Å²) in [5, 5.41) is 3.16. The zero-order valence-electron chi connectivity index (χ0n) is 11.4. The highest BCUT2D eigenvalue weighted by Gasteiger charge is 2.14. The third-order valence-corrected chi connectivity index (χ3v) is 3.38. The Kier molecular flexibility index (Phi) is 4.75. The zero-order chi connectivity index (χ0) is 12.8. The lowest BCUT2D eigenvalue weighted by Crippen LogP contribution is -2.24. The Morgan fingerprint density at radius 1 is 1.33 bits per heavy atom. The topological polar surface area (TPSA) is 44.3 Å². The summed E-state index contributed by atoms with van der Waals surface area (Å²) in [6.45, 7) is 4.30. The van der Waals surface area contributed by atoms with E-state index in [4.69, 9.17) is 0 Å². The van der Waals surface area contributed by atoms with E-state index < -0.39 is 0 Å². The van der Waals surface area contributed by atoms with Crippen LogP contribution in [0.1, 0.15) is 19.3 Å². The molecule has 5 heteroatoms. The van der Waals surface area contributed by atoms with Crippen LogP contribution in [0.2, 0.25) is 0 Å². The number of rotatable bonds is 6. The van der Waals surface area contributed by atoms with E-state index in [-0.39, 0.29) is 0 Å². The molecule has 0 aliphatic carbocycles. The van der Waals surface area contributed by atoms with Gasteiger partial charge in [0, 0.05) is 32.7 Å². The molecular formula is C13H23N5. The van der Waals surface area contributed by atoms with Gasteiger partial charge in [-0.15, -0.1) is 0 Å². The molecule has 1 aromatic heterocycles. The average molecular weight is 249 g/mol. The van der Waals surface area contributed by atoms with Crippen molar-refractivity contribution in [1.29, 1.82) is 0 Å².